The second-order valence-electron chi connectivity index (χ2n) is 4.59. The van der Waals surface area contributed by atoms with Gasteiger partial charge in [-0.15, -0.1) is 0 Å². The Kier molecular flexibility index (Phi) is 9.11. The fourth-order valence-corrected chi connectivity index (χ4v) is 1.91. The molecule has 0 saturated heterocycles. The molecule has 0 aromatic rings. The number of nitrogens with two attached hydrogens (primary N) is 2. The summed E-state index contributed by atoms with van der Waals surface area (Å²) in [4.78, 5) is 43.2. The van der Waals surface area contributed by atoms with Crippen LogP contribution in [0.25, 0.3) is 0 Å². The first-order chi connectivity index (χ1) is 8.92. The summed E-state index contributed by atoms with van der Waals surface area (Å²) in [6, 6.07) is 0. The van der Waals surface area contributed by atoms with Gasteiger partial charge in [0.15, 0.2) is 0 Å². The maximum Gasteiger partial charge on any atom is 0.305 e. The molecule has 0 bridgehead atoms. The van der Waals surface area contributed by atoms with E-state index in [1.807, 2.05) is 0 Å². The van der Waals surface area contributed by atoms with Crippen LogP contribution in [-0.2, 0) is 19.2 Å². The van der Waals surface area contributed by atoms with Gasteiger partial charge in [0.1, 0.15) is 0 Å². The van der Waals surface area contributed by atoms with Gasteiger partial charge < -0.3 is 31.9 Å². The van der Waals surface area contributed by atoms with Crippen molar-refractivity contribution in [3.8, 4) is 0 Å². The van der Waals surface area contributed by atoms with Crippen LogP contribution in [0.15, 0.2) is 0 Å². The van der Waals surface area contributed by atoms with Gasteiger partial charge in [-0.2, -0.15) is 0 Å². The molecule has 11 heteroatoms. The van der Waals surface area contributed by atoms with Crippen LogP contribution in [0.4, 0.5) is 0 Å². The minimum Gasteiger partial charge on any atom is -0.481 e. The second kappa shape index (κ2) is 8.54. The van der Waals surface area contributed by atoms with Crippen LogP contribution < -0.4 is 11.5 Å². The Hall–Kier alpha value is -0.875. The van der Waals surface area contributed by atoms with Crippen molar-refractivity contribution in [2.75, 3.05) is 0 Å². The van der Waals surface area contributed by atoms with Gasteiger partial charge in [0.2, 0.25) is 0 Å². The van der Waals surface area contributed by atoms with Crippen molar-refractivity contribution in [3.05, 3.63) is 0 Å². The molecule has 0 radical (unpaired) electrons. The minimum atomic E-state index is -2.22. The maximum atomic E-state index is 10.8. The number of hydrogen-bond acceptors (Lipinski definition) is 6. The summed E-state index contributed by atoms with van der Waals surface area (Å²) in [5.41, 5.74) is 6.88. The Morgan fingerprint density at radius 1 is 0.619 bits per heavy atom. The summed E-state index contributed by atoms with van der Waals surface area (Å²) in [5.74, 6) is -6.06. The SMILES string of the molecule is NC(CC(=O)O)(CC(=O)O)C(N)(CC(=O)O)CC(=O)O.[Gd]. The van der Waals surface area contributed by atoms with E-state index in [1.54, 1.807) is 0 Å². The average molecular weight is 449 g/mol. The molecule has 0 spiro atoms. The van der Waals surface area contributed by atoms with Crippen molar-refractivity contribution < 1.29 is 79.5 Å². The van der Waals surface area contributed by atoms with E-state index in [-0.39, 0.29) is 39.9 Å². The molecular weight excluding hydrogens is 433 g/mol. The van der Waals surface area contributed by atoms with Gasteiger partial charge in [0.05, 0.1) is 36.8 Å². The molecule has 0 saturated carbocycles. The number of rotatable bonds is 9. The van der Waals surface area contributed by atoms with E-state index in [0.717, 1.165) is 0 Å². The second-order valence-corrected chi connectivity index (χ2v) is 4.59. The molecule has 0 aliphatic carbocycles. The molecule has 0 aliphatic rings. The third-order valence-electron chi connectivity index (χ3n) is 2.86. The normalized spacial score (nSPS) is 11.3. The predicted molar refractivity (Wildman–Crippen MR) is 62.8 cm³/mol. The molecule has 0 heterocycles. The third-order valence-corrected chi connectivity index (χ3v) is 2.86. The molecule has 0 rings (SSSR count). The zero-order chi connectivity index (χ0) is 16.1. The summed E-state index contributed by atoms with van der Waals surface area (Å²) >= 11 is 0. The van der Waals surface area contributed by atoms with Crippen LogP contribution >= 0.6 is 0 Å². The van der Waals surface area contributed by atoms with E-state index in [4.69, 9.17) is 31.9 Å². The molecular formula is C10H16GdN2O8. The number of aliphatic carboxylic acids is 4. The van der Waals surface area contributed by atoms with Gasteiger partial charge in [-0.3, -0.25) is 19.2 Å². The molecule has 0 aromatic carbocycles. The molecule has 0 fully saturated rings. The maximum absolute atomic E-state index is 10.8. The average Bonchev–Trinajstić information content (AvgIpc) is 2.10. The molecule has 0 atom stereocenters. The third kappa shape index (κ3) is 7.09. The molecule has 0 unspecified atom stereocenters. The first-order valence-electron chi connectivity index (χ1n) is 5.37. The van der Waals surface area contributed by atoms with Crippen molar-refractivity contribution in [2.45, 2.75) is 36.8 Å². The van der Waals surface area contributed by atoms with Gasteiger partial charge in [-0.1, -0.05) is 0 Å². The largest absolute Gasteiger partial charge is 0.481 e. The molecule has 10 nitrogen and oxygen atoms in total. The molecule has 122 valence electrons. The first kappa shape index (κ1) is 22.4. The van der Waals surface area contributed by atoms with E-state index in [2.05, 4.69) is 0 Å². The van der Waals surface area contributed by atoms with Gasteiger partial charge in [-0.05, 0) is 0 Å². The van der Waals surface area contributed by atoms with Crippen molar-refractivity contribution in [1.82, 2.24) is 0 Å². The smallest absolute Gasteiger partial charge is 0.305 e. The zero-order valence-electron chi connectivity index (χ0n) is 10.8. The van der Waals surface area contributed by atoms with Crippen LogP contribution in [0.2, 0.25) is 0 Å². The van der Waals surface area contributed by atoms with Crippen LogP contribution in [0.1, 0.15) is 25.7 Å². The number of hydrogen-bond donors (Lipinski definition) is 6. The van der Waals surface area contributed by atoms with Crippen molar-refractivity contribution >= 4 is 23.9 Å². The number of carboxylic acids is 4. The van der Waals surface area contributed by atoms with Crippen LogP contribution in [0.5, 0.6) is 0 Å². The topological polar surface area (TPSA) is 201 Å². The van der Waals surface area contributed by atoms with Crippen molar-refractivity contribution in [2.24, 2.45) is 11.5 Å². The quantitative estimate of drug-likeness (QED) is 0.235. The molecule has 0 aromatic heterocycles. The molecule has 0 amide bonds. The Bertz CT molecular complexity index is 367. The monoisotopic (exact) mass is 450 g/mol. The van der Waals surface area contributed by atoms with E-state index in [0.29, 0.717) is 0 Å². The summed E-state index contributed by atoms with van der Waals surface area (Å²) in [7, 11) is 0. The van der Waals surface area contributed by atoms with E-state index in [1.165, 1.54) is 0 Å². The molecule has 21 heavy (non-hydrogen) atoms. The van der Waals surface area contributed by atoms with E-state index in [9.17, 15) is 19.2 Å². The molecule has 8 N–H and O–H groups in total. The Balaban J connectivity index is 0. The van der Waals surface area contributed by atoms with Crippen LogP contribution in [0.3, 0.4) is 0 Å². The zero-order valence-corrected chi connectivity index (χ0v) is 13.0. The fraction of sp³-hybridized carbons (Fsp3) is 0.600. The van der Waals surface area contributed by atoms with Crippen molar-refractivity contribution in [1.29, 1.82) is 0 Å². The standard InChI is InChI=1S/C10H16N2O8.Gd/c11-9(1-5(13)14,2-6(15)16)10(12,3-7(17)18)4-8(19)20;/h1-4,11-12H2,(H,13,14)(H,15,16)(H,17,18)(H,19,20);. The summed E-state index contributed by atoms with van der Waals surface area (Å²) in [6.07, 6.45) is -3.90. The van der Waals surface area contributed by atoms with Gasteiger partial charge in [0.25, 0.3) is 0 Å². The Labute approximate surface area is 151 Å². The van der Waals surface area contributed by atoms with Crippen LogP contribution in [0, 0.1) is 39.9 Å². The summed E-state index contributed by atoms with van der Waals surface area (Å²) in [5, 5.41) is 35.1. The summed E-state index contributed by atoms with van der Waals surface area (Å²) < 4.78 is 0. The number of carboxylic acid groups (broad SMARTS) is 4. The summed E-state index contributed by atoms with van der Waals surface area (Å²) in [6.45, 7) is 0. The van der Waals surface area contributed by atoms with E-state index < -0.39 is 60.6 Å². The Morgan fingerprint density at radius 3 is 0.857 bits per heavy atom. The van der Waals surface area contributed by atoms with Gasteiger partial charge in [-0.25, -0.2) is 0 Å². The van der Waals surface area contributed by atoms with Crippen LogP contribution in [-0.4, -0.2) is 55.4 Å². The van der Waals surface area contributed by atoms with Gasteiger partial charge in [0, 0.05) is 39.9 Å². The fourth-order valence-electron chi connectivity index (χ4n) is 1.91. The van der Waals surface area contributed by atoms with Crippen molar-refractivity contribution in [3.63, 3.8) is 0 Å². The van der Waals surface area contributed by atoms with Gasteiger partial charge >= 0.3 is 23.9 Å². The van der Waals surface area contributed by atoms with E-state index >= 15 is 0 Å². The molecule has 0 aliphatic heterocycles. The minimum absolute atomic E-state index is 0. The Morgan fingerprint density at radius 2 is 0.762 bits per heavy atom. The predicted octanol–water partition coefficient (Wildman–Crippen LogP) is -1.72. The first-order valence-corrected chi connectivity index (χ1v) is 5.37. The number of carbonyl (C=O) groups is 4.